The molecule has 1 aromatic rings. The quantitative estimate of drug-likeness (QED) is 0.824. The van der Waals surface area contributed by atoms with E-state index in [2.05, 4.69) is 54.8 Å². The molecule has 0 saturated carbocycles. The van der Waals surface area contributed by atoms with Crippen LogP contribution in [0.1, 0.15) is 46.2 Å². The highest BCUT2D eigenvalue weighted by Gasteiger charge is 2.11. The van der Waals surface area contributed by atoms with Crippen LogP contribution in [0.4, 0.5) is 11.8 Å². The minimum absolute atomic E-state index is 0.421. The van der Waals surface area contributed by atoms with E-state index in [9.17, 15) is 0 Å². The summed E-state index contributed by atoms with van der Waals surface area (Å²) in [6.07, 6.45) is 0. The number of hydrogen-bond acceptors (Lipinski definition) is 4. The summed E-state index contributed by atoms with van der Waals surface area (Å²) < 4.78 is 0. The fourth-order valence-corrected chi connectivity index (χ4v) is 1.67. The van der Waals surface area contributed by atoms with E-state index < -0.39 is 0 Å². The van der Waals surface area contributed by atoms with Crippen molar-refractivity contribution in [2.24, 2.45) is 0 Å². The van der Waals surface area contributed by atoms with Crippen LogP contribution in [0.15, 0.2) is 6.07 Å². The van der Waals surface area contributed by atoms with E-state index in [0.717, 1.165) is 37.1 Å². The van der Waals surface area contributed by atoms with Gasteiger partial charge in [0.2, 0.25) is 5.95 Å². The summed E-state index contributed by atoms with van der Waals surface area (Å²) >= 11 is 0. The van der Waals surface area contributed by atoms with E-state index in [1.165, 1.54) is 0 Å². The van der Waals surface area contributed by atoms with Gasteiger partial charge in [-0.1, -0.05) is 13.8 Å². The molecule has 4 nitrogen and oxygen atoms in total. The normalized spacial score (nSPS) is 10.7. The molecule has 0 aliphatic heterocycles. The minimum Gasteiger partial charge on any atom is -0.370 e. The van der Waals surface area contributed by atoms with Gasteiger partial charge in [0.25, 0.3) is 0 Å². The van der Waals surface area contributed by atoms with Crippen LogP contribution >= 0.6 is 0 Å². The number of aromatic nitrogens is 2. The Balaban J connectivity index is 3.10. The van der Waals surface area contributed by atoms with Crippen LogP contribution in [0.2, 0.25) is 0 Å². The van der Waals surface area contributed by atoms with Gasteiger partial charge in [-0.3, -0.25) is 0 Å². The Morgan fingerprint density at radius 2 is 1.82 bits per heavy atom. The molecule has 0 aliphatic rings. The van der Waals surface area contributed by atoms with E-state index in [1.54, 1.807) is 0 Å². The Hall–Kier alpha value is -1.32. The van der Waals surface area contributed by atoms with Crippen LogP contribution < -0.4 is 10.2 Å². The summed E-state index contributed by atoms with van der Waals surface area (Å²) in [4.78, 5) is 11.4. The van der Waals surface area contributed by atoms with Gasteiger partial charge < -0.3 is 10.2 Å². The molecule has 0 aliphatic carbocycles. The minimum atomic E-state index is 0.421. The maximum absolute atomic E-state index is 4.63. The Morgan fingerprint density at radius 3 is 2.29 bits per heavy atom. The lowest BCUT2D eigenvalue weighted by molar-refractivity contribution is 0.774. The molecule has 1 heterocycles. The summed E-state index contributed by atoms with van der Waals surface area (Å²) in [5, 5.41) is 3.27. The van der Waals surface area contributed by atoms with Crippen molar-refractivity contribution in [1.29, 1.82) is 0 Å². The predicted octanol–water partition coefficient (Wildman–Crippen LogP) is 2.88. The third-order valence-electron chi connectivity index (χ3n) is 2.73. The average Bonchev–Trinajstić information content (AvgIpc) is 2.31. The molecule has 0 aromatic carbocycles. The first kappa shape index (κ1) is 13.7. The number of anilines is 2. The highest BCUT2D eigenvalue weighted by Crippen LogP contribution is 2.19. The van der Waals surface area contributed by atoms with Gasteiger partial charge >= 0.3 is 0 Å². The van der Waals surface area contributed by atoms with Crippen molar-refractivity contribution in [3.05, 3.63) is 11.8 Å². The first-order chi connectivity index (χ1) is 8.12. The second-order valence-electron chi connectivity index (χ2n) is 4.34. The molecule has 0 atom stereocenters. The predicted molar refractivity (Wildman–Crippen MR) is 73.8 cm³/mol. The largest absolute Gasteiger partial charge is 0.370 e. The van der Waals surface area contributed by atoms with Gasteiger partial charge in [0, 0.05) is 25.7 Å². The topological polar surface area (TPSA) is 41.1 Å². The van der Waals surface area contributed by atoms with Crippen molar-refractivity contribution in [2.75, 3.05) is 29.9 Å². The second-order valence-corrected chi connectivity index (χ2v) is 4.34. The fraction of sp³-hybridized carbons (Fsp3) is 0.692. The molecule has 0 saturated heterocycles. The Morgan fingerprint density at radius 1 is 1.18 bits per heavy atom. The van der Waals surface area contributed by atoms with Crippen molar-refractivity contribution in [3.63, 3.8) is 0 Å². The summed E-state index contributed by atoms with van der Waals surface area (Å²) in [7, 11) is 0. The van der Waals surface area contributed by atoms with E-state index in [4.69, 9.17) is 0 Å². The van der Waals surface area contributed by atoms with Crippen molar-refractivity contribution in [2.45, 2.75) is 40.5 Å². The number of rotatable bonds is 6. The summed E-state index contributed by atoms with van der Waals surface area (Å²) in [6.45, 7) is 13.4. The van der Waals surface area contributed by atoms with Gasteiger partial charge in [-0.15, -0.1) is 0 Å². The zero-order chi connectivity index (χ0) is 12.8. The lowest BCUT2D eigenvalue weighted by Gasteiger charge is -2.20. The molecule has 0 spiro atoms. The Labute approximate surface area is 104 Å². The van der Waals surface area contributed by atoms with E-state index >= 15 is 0 Å². The van der Waals surface area contributed by atoms with Crippen LogP contribution in [-0.4, -0.2) is 29.6 Å². The highest BCUT2D eigenvalue weighted by molar-refractivity contribution is 5.44. The van der Waals surface area contributed by atoms with E-state index in [1.807, 2.05) is 6.07 Å². The molecule has 1 N–H and O–H groups in total. The first-order valence-corrected chi connectivity index (χ1v) is 6.50. The van der Waals surface area contributed by atoms with Gasteiger partial charge in [0.15, 0.2) is 0 Å². The molecule has 0 amide bonds. The second kappa shape index (κ2) is 6.42. The van der Waals surface area contributed by atoms with Crippen LogP contribution in [-0.2, 0) is 0 Å². The lowest BCUT2D eigenvalue weighted by Crippen LogP contribution is -2.25. The molecule has 0 radical (unpaired) electrons. The van der Waals surface area contributed by atoms with Gasteiger partial charge in [-0.25, -0.2) is 4.98 Å². The van der Waals surface area contributed by atoms with Crippen molar-refractivity contribution < 1.29 is 0 Å². The zero-order valence-corrected chi connectivity index (χ0v) is 11.6. The molecule has 1 rings (SSSR count). The molecule has 4 heteroatoms. The highest BCUT2D eigenvalue weighted by atomic mass is 15.3. The molecular formula is C13H24N4. The van der Waals surface area contributed by atoms with Gasteiger partial charge in [0.1, 0.15) is 5.82 Å². The first-order valence-electron chi connectivity index (χ1n) is 6.50. The lowest BCUT2D eigenvalue weighted by atomic mass is 10.1. The van der Waals surface area contributed by atoms with Crippen molar-refractivity contribution in [1.82, 2.24) is 9.97 Å². The summed E-state index contributed by atoms with van der Waals surface area (Å²) in [6, 6.07) is 2.04. The molecule has 1 aromatic heterocycles. The molecule has 96 valence electrons. The molecule has 0 unspecified atom stereocenters. The van der Waals surface area contributed by atoms with Crippen LogP contribution in [0.25, 0.3) is 0 Å². The standard InChI is InChI=1S/C13H24N4/c1-6-14-12-9-11(10(4)5)15-13(16-12)17(7-2)8-3/h9-10H,6-8H2,1-5H3,(H,14,15,16). The number of nitrogens with one attached hydrogen (secondary N) is 1. The molecule has 17 heavy (non-hydrogen) atoms. The van der Waals surface area contributed by atoms with E-state index in [-0.39, 0.29) is 0 Å². The number of hydrogen-bond donors (Lipinski definition) is 1. The maximum Gasteiger partial charge on any atom is 0.227 e. The monoisotopic (exact) mass is 236 g/mol. The Kier molecular flexibility index (Phi) is 5.19. The van der Waals surface area contributed by atoms with Crippen molar-refractivity contribution in [3.8, 4) is 0 Å². The third-order valence-corrected chi connectivity index (χ3v) is 2.73. The van der Waals surface area contributed by atoms with Gasteiger partial charge in [-0.2, -0.15) is 4.98 Å². The smallest absolute Gasteiger partial charge is 0.227 e. The molecule has 0 fully saturated rings. The maximum atomic E-state index is 4.63. The van der Waals surface area contributed by atoms with Gasteiger partial charge in [-0.05, 0) is 26.7 Å². The van der Waals surface area contributed by atoms with Crippen LogP contribution in [0.3, 0.4) is 0 Å². The fourth-order valence-electron chi connectivity index (χ4n) is 1.67. The van der Waals surface area contributed by atoms with Crippen molar-refractivity contribution >= 4 is 11.8 Å². The average molecular weight is 236 g/mol. The molecule has 0 bridgehead atoms. The third kappa shape index (κ3) is 3.58. The summed E-state index contributed by atoms with van der Waals surface area (Å²) in [5.74, 6) is 2.18. The Bertz CT molecular complexity index is 345. The molecular weight excluding hydrogens is 212 g/mol. The van der Waals surface area contributed by atoms with Crippen LogP contribution in [0.5, 0.6) is 0 Å². The van der Waals surface area contributed by atoms with Crippen LogP contribution in [0, 0.1) is 0 Å². The van der Waals surface area contributed by atoms with E-state index in [0.29, 0.717) is 5.92 Å². The zero-order valence-electron chi connectivity index (χ0n) is 11.6. The SMILES string of the molecule is CCNc1cc(C(C)C)nc(N(CC)CC)n1. The number of nitrogens with zero attached hydrogens (tertiary/aromatic N) is 3. The van der Waals surface area contributed by atoms with Gasteiger partial charge in [0.05, 0.1) is 5.69 Å². The summed E-state index contributed by atoms with van der Waals surface area (Å²) in [5.41, 5.74) is 1.10.